The zero-order chi connectivity index (χ0) is 14.5. The molecule has 0 aromatic rings. The number of ether oxygens (including phenoxy) is 3. The third-order valence-electron chi connectivity index (χ3n) is 2.99. The molecule has 0 radical (unpaired) electrons. The van der Waals surface area contributed by atoms with E-state index in [9.17, 15) is 0 Å². The smallest absolute Gasteiger partial charge is 0.191 e. The SMILES string of the molecule is CCNC(=NCCCOCC1CCCO1)NCCOC.I. The lowest BCUT2D eigenvalue weighted by atomic mass is 10.2. The molecule has 0 aromatic heterocycles. The van der Waals surface area contributed by atoms with E-state index in [0.717, 1.165) is 64.7 Å². The van der Waals surface area contributed by atoms with Crippen molar-refractivity contribution in [3.63, 3.8) is 0 Å². The van der Waals surface area contributed by atoms with Gasteiger partial charge in [0.15, 0.2) is 5.96 Å². The molecule has 1 rings (SSSR count). The normalized spacial score (nSPS) is 18.4. The van der Waals surface area contributed by atoms with Crippen LogP contribution in [0.2, 0.25) is 0 Å². The predicted octanol–water partition coefficient (Wildman–Crippen LogP) is 1.39. The summed E-state index contributed by atoms with van der Waals surface area (Å²) in [5, 5.41) is 6.41. The van der Waals surface area contributed by atoms with Crippen molar-refractivity contribution in [3.8, 4) is 0 Å². The molecule has 2 N–H and O–H groups in total. The Morgan fingerprint density at radius 3 is 2.86 bits per heavy atom. The molecule has 6 nitrogen and oxygen atoms in total. The van der Waals surface area contributed by atoms with E-state index in [1.54, 1.807) is 7.11 Å². The number of aliphatic imine (C=N–C) groups is 1. The molecule has 0 amide bonds. The Morgan fingerprint density at radius 2 is 2.19 bits per heavy atom. The number of nitrogens with zero attached hydrogens (tertiary/aromatic N) is 1. The molecule has 1 aliphatic rings. The number of hydrogen-bond acceptors (Lipinski definition) is 4. The maximum atomic E-state index is 5.60. The summed E-state index contributed by atoms with van der Waals surface area (Å²) in [4.78, 5) is 4.48. The molecule has 0 saturated carbocycles. The Balaban J connectivity index is 0.00000400. The van der Waals surface area contributed by atoms with Gasteiger partial charge in [-0.1, -0.05) is 0 Å². The monoisotopic (exact) mass is 415 g/mol. The van der Waals surface area contributed by atoms with Crippen molar-refractivity contribution in [2.75, 3.05) is 53.2 Å². The van der Waals surface area contributed by atoms with Gasteiger partial charge < -0.3 is 24.8 Å². The van der Waals surface area contributed by atoms with Crippen LogP contribution < -0.4 is 10.6 Å². The first-order valence-electron chi connectivity index (χ1n) is 7.57. The molecule has 0 bridgehead atoms. The minimum Gasteiger partial charge on any atom is -0.383 e. The van der Waals surface area contributed by atoms with Crippen molar-refractivity contribution in [2.45, 2.75) is 32.3 Å². The third-order valence-corrected chi connectivity index (χ3v) is 2.99. The molecular formula is C14H30IN3O3. The number of hydrogen-bond donors (Lipinski definition) is 2. The van der Waals surface area contributed by atoms with Gasteiger partial charge in [0.05, 0.1) is 19.3 Å². The third kappa shape index (κ3) is 11.1. The summed E-state index contributed by atoms with van der Waals surface area (Å²) in [7, 11) is 1.69. The van der Waals surface area contributed by atoms with Crippen LogP contribution in [0, 0.1) is 0 Å². The molecule has 1 atom stereocenters. The average Bonchev–Trinajstić information content (AvgIpc) is 2.96. The van der Waals surface area contributed by atoms with Crippen molar-refractivity contribution in [1.29, 1.82) is 0 Å². The standard InChI is InChI=1S/C14H29N3O3.HI/c1-3-15-14(17-8-11-18-2)16-7-5-9-19-12-13-6-4-10-20-13;/h13H,3-12H2,1-2H3,(H2,15,16,17);1H. The summed E-state index contributed by atoms with van der Waals surface area (Å²) in [5.41, 5.74) is 0. The summed E-state index contributed by atoms with van der Waals surface area (Å²) >= 11 is 0. The zero-order valence-corrected chi connectivity index (χ0v) is 15.6. The van der Waals surface area contributed by atoms with Crippen LogP contribution in [0.5, 0.6) is 0 Å². The Kier molecular flexibility index (Phi) is 14.7. The fourth-order valence-electron chi connectivity index (χ4n) is 1.96. The van der Waals surface area contributed by atoms with Crippen LogP contribution in [0.15, 0.2) is 4.99 Å². The first-order valence-corrected chi connectivity index (χ1v) is 7.57. The molecule has 1 heterocycles. The van der Waals surface area contributed by atoms with Gasteiger partial charge in [-0.25, -0.2) is 0 Å². The van der Waals surface area contributed by atoms with Crippen LogP contribution in [-0.2, 0) is 14.2 Å². The van der Waals surface area contributed by atoms with Gasteiger partial charge in [0.25, 0.3) is 0 Å². The lowest BCUT2D eigenvalue weighted by Gasteiger charge is -2.11. The summed E-state index contributed by atoms with van der Waals surface area (Å²) in [5.74, 6) is 0.837. The highest BCUT2D eigenvalue weighted by Gasteiger charge is 2.14. The highest BCUT2D eigenvalue weighted by Crippen LogP contribution is 2.11. The molecule has 1 unspecified atom stereocenters. The Morgan fingerprint density at radius 1 is 1.33 bits per heavy atom. The van der Waals surface area contributed by atoms with Crippen LogP contribution in [0.4, 0.5) is 0 Å². The van der Waals surface area contributed by atoms with E-state index in [2.05, 4.69) is 22.5 Å². The molecule has 0 aromatic carbocycles. The molecule has 126 valence electrons. The van der Waals surface area contributed by atoms with Crippen LogP contribution in [0.3, 0.4) is 0 Å². The molecule has 1 saturated heterocycles. The van der Waals surface area contributed by atoms with Gasteiger partial charge in [-0.2, -0.15) is 0 Å². The molecule has 0 aliphatic carbocycles. The molecular weight excluding hydrogens is 385 g/mol. The first kappa shape index (κ1) is 20.9. The van der Waals surface area contributed by atoms with Crippen molar-refractivity contribution in [2.24, 2.45) is 4.99 Å². The number of nitrogens with one attached hydrogen (secondary N) is 2. The number of methoxy groups -OCH3 is 1. The zero-order valence-electron chi connectivity index (χ0n) is 13.2. The molecule has 1 fully saturated rings. The summed E-state index contributed by atoms with van der Waals surface area (Å²) in [6.45, 7) is 7.45. The maximum Gasteiger partial charge on any atom is 0.191 e. The van der Waals surface area contributed by atoms with Crippen molar-refractivity contribution in [1.82, 2.24) is 10.6 Å². The fourth-order valence-corrected chi connectivity index (χ4v) is 1.96. The van der Waals surface area contributed by atoms with E-state index in [0.29, 0.717) is 12.7 Å². The van der Waals surface area contributed by atoms with Crippen molar-refractivity contribution in [3.05, 3.63) is 0 Å². The second-order valence-electron chi connectivity index (χ2n) is 4.74. The molecule has 7 heteroatoms. The van der Waals surface area contributed by atoms with E-state index in [1.807, 2.05) is 0 Å². The Hall–Kier alpha value is -0.120. The average molecular weight is 415 g/mol. The second-order valence-corrected chi connectivity index (χ2v) is 4.74. The van der Waals surface area contributed by atoms with Gasteiger partial charge in [0.1, 0.15) is 0 Å². The van der Waals surface area contributed by atoms with Crippen LogP contribution in [-0.4, -0.2) is 65.2 Å². The minimum absolute atomic E-state index is 0. The highest BCUT2D eigenvalue weighted by molar-refractivity contribution is 14.0. The van der Waals surface area contributed by atoms with Crippen LogP contribution in [0.1, 0.15) is 26.2 Å². The molecule has 21 heavy (non-hydrogen) atoms. The number of guanidine groups is 1. The van der Waals surface area contributed by atoms with Gasteiger partial charge in [0.2, 0.25) is 0 Å². The summed E-state index contributed by atoms with van der Waals surface area (Å²) in [6.07, 6.45) is 3.53. The van der Waals surface area contributed by atoms with E-state index in [-0.39, 0.29) is 24.0 Å². The van der Waals surface area contributed by atoms with Gasteiger partial charge >= 0.3 is 0 Å². The van der Waals surface area contributed by atoms with Gasteiger partial charge in [-0.3, -0.25) is 4.99 Å². The largest absolute Gasteiger partial charge is 0.383 e. The molecule has 0 spiro atoms. The van der Waals surface area contributed by atoms with E-state index >= 15 is 0 Å². The van der Waals surface area contributed by atoms with Crippen molar-refractivity contribution < 1.29 is 14.2 Å². The van der Waals surface area contributed by atoms with Gasteiger partial charge in [-0.15, -0.1) is 24.0 Å². The number of rotatable bonds is 10. The molecule has 1 aliphatic heterocycles. The van der Waals surface area contributed by atoms with Gasteiger partial charge in [0, 0.05) is 40.0 Å². The van der Waals surface area contributed by atoms with Crippen LogP contribution in [0.25, 0.3) is 0 Å². The van der Waals surface area contributed by atoms with Crippen LogP contribution >= 0.6 is 24.0 Å². The van der Waals surface area contributed by atoms with E-state index in [1.165, 1.54) is 0 Å². The lowest BCUT2D eigenvalue weighted by molar-refractivity contribution is 0.0171. The minimum atomic E-state index is 0. The lowest BCUT2D eigenvalue weighted by Crippen LogP contribution is -2.39. The summed E-state index contributed by atoms with van der Waals surface area (Å²) in [6, 6.07) is 0. The Bertz CT molecular complexity index is 262. The quantitative estimate of drug-likeness (QED) is 0.244. The van der Waals surface area contributed by atoms with Crippen molar-refractivity contribution >= 4 is 29.9 Å². The van der Waals surface area contributed by atoms with E-state index < -0.39 is 0 Å². The topological polar surface area (TPSA) is 64.1 Å². The highest BCUT2D eigenvalue weighted by atomic mass is 127. The number of halogens is 1. The first-order chi connectivity index (χ1) is 9.86. The second kappa shape index (κ2) is 14.8. The van der Waals surface area contributed by atoms with E-state index in [4.69, 9.17) is 14.2 Å². The summed E-state index contributed by atoms with van der Waals surface area (Å²) < 4.78 is 16.1. The fraction of sp³-hybridized carbons (Fsp3) is 0.929. The Labute approximate surface area is 145 Å². The maximum absolute atomic E-state index is 5.60. The predicted molar refractivity (Wildman–Crippen MR) is 95.7 cm³/mol. The van der Waals surface area contributed by atoms with Gasteiger partial charge in [-0.05, 0) is 26.2 Å².